The summed E-state index contributed by atoms with van der Waals surface area (Å²) >= 11 is 3.40. The van der Waals surface area contributed by atoms with E-state index >= 15 is 0 Å². The average molecular weight is 288 g/mol. The van der Waals surface area contributed by atoms with Gasteiger partial charge in [-0.25, -0.2) is 0 Å². The maximum Gasteiger partial charge on any atom is 0.222 e. The number of nitrogens with zero attached hydrogens (tertiary/aromatic N) is 1. The summed E-state index contributed by atoms with van der Waals surface area (Å²) in [4.78, 5) is 14.3. The first-order valence-electron chi connectivity index (χ1n) is 6.68. The number of hydrogen-bond donors (Lipinski definition) is 0. The van der Waals surface area contributed by atoms with Crippen LogP contribution >= 0.6 is 15.9 Å². The molecule has 2 unspecified atom stereocenters. The van der Waals surface area contributed by atoms with Gasteiger partial charge in [-0.2, -0.15) is 0 Å². The first-order valence-corrected chi connectivity index (χ1v) is 7.80. The van der Waals surface area contributed by atoms with Crippen LogP contribution < -0.4 is 0 Å². The molecule has 1 saturated heterocycles. The van der Waals surface area contributed by atoms with Crippen molar-refractivity contribution < 1.29 is 4.79 Å². The van der Waals surface area contributed by atoms with E-state index in [-0.39, 0.29) is 0 Å². The Kier molecular flexibility index (Phi) is 4.68. The van der Waals surface area contributed by atoms with Crippen molar-refractivity contribution in [3.05, 3.63) is 0 Å². The van der Waals surface area contributed by atoms with E-state index in [2.05, 4.69) is 20.8 Å². The Bertz CT molecular complexity index is 242. The van der Waals surface area contributed by atoms with Crippen LogP contribution in [0.3, 0.4) is 0 Å². The monoisotopic (exact) mass is 287 g/mol. The second-order valence-electron chi connectivity index (χ2n) is 5.13. The summed E-state index contributed by atoms with van der Waals surface area (Å²) in [5.74, 6) is 1.21. The van der Waals surface area contributed by atoms with Crippen LogP contribution in [-0.4, -0.2) is 28.7 Å². The first kappa shape index (κ1) is 12.4. The third-order valence-corrected chi connectivity index (χ3v) is 4.65. The van der Waals surface area contributed by atoms with Crippen molar-refractivity contribution >= 4 is 21.8 Å². The van der Waals surface area contributed by atoms with Crippen molar-refractivity contribution in [3.8, 4) is 0 Å². The number of halogens is 1. The van der Waals surface area contributed by atoms with Gasteiger partial charge in [0.25, 0.3) is 0 Å². The molecule has 0 bridgehead atoms. The molecule has 92 valence electrons. The predicted octanol–water partition coefficient (Wildman–Crippen LogP) is 3.34. The molecule has 1 heterocycles. The van der Waals surface area contributed by atoms with E-state index in [4.69, 9.17) is 0 Å². The van der Waals surface area contributed by atoms with E-state index in [1.807, 2.05) is 0 Å². The molecule has 0 N–H and O–H groups in total. The van der Waals surface area contributed by atoms with E-state index < -0.39 is 0 Å². The molecule has 3 heteroatoms. The van der Waals surface area contributed by atoms with Gasteiger partial charge in [-0.1, -0.05) is 28.8 Å². The third kappa shape index (κ3) is 2.79. The van der Waals surface area contributed by atoms with E-state index in [9.17, 15) is 4.79 Å². The number of carbonyl (C=O) groups excluding carboxylic acids is 1. The first-order chi connectivity index (χ1) is 7.83. The molecule has 1 saturated carbocycles. The lowest BCUT2D eigenvalue weighted by atomic mass is 9.78. The summed E-state index contributed by atoms with van der Waals surface area (Å²) in [6, 6.07) is 0.588. The van der Waals surface area contributed by atoms with Gasteiger partial charge < -0.3 is 4.90 Å². The van der Waals surface area contributed by atoms with Gasteiger partial charge in [0.05, 0.1) is 0 Å². The lowest BCUT2D eigenvalue weighted by molar-refractivity contribution is -0.137. The molecule has 2 nitrogen and oxygen atoms in total. The van der Waals surface area contributed by atoms with Crippen LogP contribution in [-0.2, 0) is 4.79 Å². The Morgan fingerprint density at radius 1 is 1.19 bits per heavy atom. The van der Waals surface area contributed by atoms with Crippen LogP contribution in [0.5, 0.6) is 0 Å². The van der Waals surface area contributed by atoms with Gasteiger partial charge in [-0.15, -0.1) is 0 Å². The summed E-state index contributed by atoms with van der Waals surface area (Å²) in [7, 11) is 0. The topological polar surface area (TPSA) is 20.3 Å². The maximum atomic E-state index is 12.1. The quantitative estimate of drug-likeness (QED) is 0.729. The molecule has 1 aliphatic heterocycles. The zero-order valence-electron chi connectivity index (χ0n) is 9.96. The molecule has 2 rings (SSSR count). The molecule has 2 atom stereocenters. The molecule has 1 amide bonds. The number of likely N-dealkylation sites (tertiary alicyclic amines) is 1. The van der Waals surface area contributed by atoms with Crippen molar-refractivity contribution in [2.24, 2.45) is 5.92 Å². The lowest BCUT2D eigenvalue weighted by Gasteiger charge is -2.44. The number of amides is 1. The third-order valence-electron chi connectivity index (χ3n) is 4.09. The van der Waals surface area contributed by atoms with Crippen LogP contribution in [0.25, 0.3) is 0 Å². The van der Waals surface area contributed by atoms with Crippen molar-refractivity contribution in [1.82, 2.24) is 4.90 Å². The summed E-state index contributed by atoms with van der Waals surface area (Å²) < 4.78 is 0. The van der Waals surface area contributed by atoms with Gasteiger partial charge in [0.15, 0.2) is 0 Å². The minimum absolute atomic E-state index is 0.399. The molecule has 0 aromatic carbocycles. The molecule has 0 radical (unpaired) electrons. The minimum Gasteiger partial charge on any atom is -0.339 e. The molecule has 1 aliphatic carbocycles. The van der Waals surface area contributed by atoms with Crippen molar-refractivity contribution in [3.63, 3.8) is 0 Å². The van der Waals surface area contributed by atoms with Gasteiger partial charge in [-0.05, 0) is 38.0 Å². The summed E-state index contributed by atoms with van der Waals surface area (Å²) in [5, 5.41) is 0.945. The molecule has 2 fully saturated rings. The number of carbonyl (C=O) groups is 1. The molecule has 0 aromatic rings. The van der Waals surface area contributed by atoms with Crippen LogP contribution in [0.1, 0.15) is 51.4 Å². The highest BCUT2D eigenvalue weighted by Gasteiger charge is 2.35. The highest BCUT2D eigenvalue weighted by molar-refractivity contribution is 9.09. The molecule has 2 aliphatic rings. The number of piperidine rings is 1. The Labute approximate surface area is 107 Å². The zero-order valence-corrected chi connectivity index (χ0v) is 11.5. The van der Waals surface area contributed by atoms with Gasteiger partial charge in [0.1, 0.15) is 0 Å². The Morgan fingerprint density at radius 2 is 1.94 bits per heavy atom. The van der Waals surface area contributed by atoms with Crippen molar-refractivity contribution in [1.29, 1.82) is 0 Å². The second-order valence-corrected chi connectivity index (χ2v) is 5.93. The van der Waals surface area contributed by atoms with Gasteiger partial charge >= 0.3 is 0 Å². The number of rotatable bonds is 3. The Morgan fingerprint density at radius 3 is 2.75 bits per heavy atom. The molecular weight excluding hydrogens is 266 g/mol. The minimum atomic E-state index is 0.399. The summed E-state index contributed by atoms with van der Waals surface area (Å²) in [5.41, 5.74) is 0. The van der Waals surface area contributed by atoms with Crippen LogP contribution in [0, 0.1) is 5.92 Å². The maximum absolute atomic E-state index is 12.1. The van der Waals surface area contributed by atoms with Crippen LogP contribution in [0.2, 0.25) is 0 Å². The summed E-state index contributed by atoms with van der Waals surface area (Å²) in [6.45, 7) is 1.02. The normalized spacial score (nSPS) is 29.9. The van der Waals surface area contributed by atoms with Gasteiger partial charge in [0, 0.05) is 24.3 Å². The second kappa shape index (κ2) is 6.04. The fourth-order valence-electron chi connectivity index (χ4n) is 3.30. The fraction of sp³-hybridized carbons (Fsp3) is 0.923. The number of hydrogen-bond acceptors (Lipinski definition) is 1. The molecule has 0 spiro atoms. The highest BCUT2D eigenvalue weighted by Crippen LogP contribution is 2.35. The Hall–Kier alpha value is -0.0500. The summed E-state index contributed by atoms with van der Waals surface area (Å²) in [6.07, 6.45) is 9.60. The molecule has 0 aromatic heterocycles. The largest absolute Gasteiger partial charge is 0.339 e. The van der Waals surface area contributed by atoms with Crippen LogP contribution in [0.15, 0.2) is 0 Å². The number of fused-ring (bicyclic) bond motifs is 1. The number of alkyl halides is 1. The van der Waals surface area contributed by atoms with E-state index in [1.54, 1.807) is 0 Å². The van der Waals surface area contributed by atoms with E-state index in [0.29, 0.717) is 11.9 Å². The highest BCUT2D eigenvalue weighted by atomic mass is 79.9. The Balaban J connectivity index is 1.93. The molecular formula is C13H22BrNO. The van der Waals surface area contributed by atoms with Crippen LogP contribution in [0.4, 0.5) is 0 Å². The van der Waals surface area contributed by atoms with E-state index in [1.165, 1.54) is 38.5 Å². The van der Waals surface area contributed by atoms with Gasteiger partial charge in [0.2, 0.25) is 5.91 Å². The van der Waals surface area contributed by atoms with Crippen molar-refractivity contribution in [2.75, 3.05) is 11.9 Å². The lowest BCUT2D eigenvalue weighted by Crippen LogP contribution is -2.49. The SMILES string of the molecule is O=C(CCCBr)N1CCCC2CCCCC21. The predicted molar refractivity (Wildman–Crippen MR) is 69.7 cm³/mol. The van der Waals surface area contributed by atoms with E-state index in [0.717, 1.165) is 30.6 Å². The standard InChI is InChI=1S/C13H22BrNO/c14-9-3-8-13(16)15-10-4-6-11-5-1-2-7-12(11)15/h11-12H,1-10H2. The zero-order chi connectivity index (χ0) is 11.4. The van der Waals surface area contributed by atoms with Crippen molar-refractivity contribution in [2.45, 2.75) is 57.4 Å². The molecule has 16 heavy (non-hydrogen) atoms. The fourth-order valence-corrected chi connectivity index (χ4v) is 3.58. The average Bonchev–Trinajstić information content (AvgIpc) is 2.35. The van der Waals surface area contributed by atoms with Gasteiger partial charge in [-0.3, -0.25) is 4.79 Å². The smallest absolute Gasteiger partial charge is 0.222 e.